The number of urea groups is 1. The van der Waals surface area contributed by atoms with Gasteiger partial charge in [0.25, 0.3) is 0 Å². The number of anilines is 2. The zero-order valence-electron chi connectivity index (χ0n) is 16.2. The first-order chi connectivity index (χ1) is 14.6. The Kier molecular flexibility index (Phi) is 7.29. The number of carbonyl (C=O) groups excluding carboxylic acids is 3. The highest BCUT2D eigenvalue weighted by Gasteiger charge is 2.21. The first-order valence-corrected chi connectivity index (χ1v) is 9.42. The molecule has 1 atom stereocenters. The van der Waals surface area contributed by atoms with Crippen molar-refractivity contribution in [2.24, 2.45) is 0 Å². The Morgan fingerprint density at radius 3 is 1.73 bits per heavy atom. The molecule has 152 valence electrons. The number of benzene rings is 3. The third-order valence-corrected chi connectivity index (χ3v) is 4.19. The Hall–Kier alpha value is -3.97. The van der Waals surface area contributed by atoms with Crippen LogP contribution in [0.4, 0.5) is 16.2 Å². The number of carbonyl (C=O) groups is 3. The minimum atomic E-state index is -0.769. The van der Waals surface area contributed by atoms with Crippen LogP contribution in [0.2, 0.25) is 0 Å². The smallest absolute Gasteiger partial charge is 0.324 e. The quantitative estimate of drug-likeness (QED) is 0.487. The molecule has 7 nitrogen and oxygen atoms in total. The molecule has 3 aromatic carbocycles. The van der Waals surface area contributed by atoms with Gasteiger partial charge in [-0.05, 0) is 29.8 Å². The fraction of sp³-hybridized carbons (Fsp3) is 0.0870. The van der Waals surface area contributed by atoms with Crippen molar-refractivity contribution >= 4 is 29.2 Å². The van der Waals surface area contributed by atoms with Gasteiger partial charge >= 0.3 is 6.03 Å². The van der Waals surface area contributed by atoms with Gasteiger partial charge in [0.2, 0.25) is 11.8 Å². The van der Waals surface area contributed by atoms with Crippen LogP contribution in [0.15, 0.2) is 91.0 Å². The number of imide groups is 1. The van der Waals surface area contributed by atoms with Gasteiger partial charge in [-0.2, -0.15) is 0 Å². The van der Waals surface area contributed by atoms with E-state index in [1.54, 1.807) is 48.5 Å². The van der Waals surface area contributed by atoms with E-state index in [2.05, 4.69) is 21.3 Å². The van der Waals surface area contributed by atoms with Crippen LogP contribution in [-0.4, -0.2) is 24.4 Å². The van der Waals surface area contributed by atoms with Gasteiger partial charge in [-0.15, -0.1) is 0 Å². The van der Waals surface area contributed by atoms with Crippen LogP contribution in [0, 0.1) is 0 Å². The van der Waals surface area contributed by atoms with Crippen LogP contribution >= 0.6 is 0 Å². The van der Waals surface area contributed by atoms with Crippen LogP contribution in [0.5, 0.6) is 0 Å². The molecular weight excluding hydrogens is 380 g/mol. The van der Waals surface area contributed by atoms with Crippen molar-refractivity contribution in [3.8, 4) is 0 Å². The summed E-state index contributed by atoms with van der Waals surface area (Å²) < 4.78 is 0. The highest BCUT2D eigenvalue weighted by atomic mass is 16.2. The topological polar surface area (TPSA) is 99.3 Å². The lowest BCUT2D eigenvalue weighted by molar-refractivity contribution is -0.120. The van der Waals surface area contributed by atoms with Gasteiger partial charge in [-0.3, -0.25) is 20.2 Å². The lowest BCUT2D eigenvalue weighted by Gasteiger charge is -2.19. The van der Waals surface area contributed by atoms with Crippen molar-refractivity contribution in [3.05, 3.63) is 96.6 Å². The fourth-order valence-electron chi connectivity index (χ4n) is 2.79. The summed E-state index contributed by atoms with van der Waals surface area (Å²) in [5.74, 6) is -0.870. The molecule has 0 bridgehead atoms. The Labute approximate surface area is 174 Å². The third kappa shape index (κ3) is 6.29. The molecule has 0 aromatic heterocycles. The summed E-state index contributed by atoms with van der Waals surface area (Å²) >= 11 is 0. The van der Waals surface area contributed by atoms with Crippen LogP contribution in [0.25, 0.3) is 0 Å². The minimum absolute atomic E-state index is 0.218. The highest BCUT2D eigenvalue weighted by molar-refractivity contribution is 6.02. The number of hydrogen-bond acceptors (Lipinski definition) is 4. The average Bonchev–Trinajstić information content (AvgIpc) is 2.76. The molecule has 0 saturated heterocycles. The molecular formula is C23H22N4O3. The van der Waals surface area contributed by atoms with Crippen molar-refractivity contribution in [2.75, 3.05) is 17.2 Å². The van der Waals surface area contributed by atoms with Crippen molar-refractivity contribution in [2.45, 2.75) is 6.04 Å². The van der Waals surface area contributed by atoms with Crippen LogP contribution in [-0.2, 0) is 9.59 Å². The molecule has 0 spiro atoms. The molecule has 0 aliphatic heterocycles. The van der Waals surface area contributed by atoms with Gasteiger partial charge in [0.1, 0.15) is 6.04 Å². The van der Waals surface area contributed by atoms with Gasteiger partial charge in [0.05, 0.1) is 6.54 Å². The molecule has 0 heterocycles. The summed E-state index contributed by atoms with van der Waals surface area (Å²) in [5.41, 5.74) is 1.92. The molecule has 3 aromatic rings. The Morgan fingerprint density at radius 1 is 0.667 bits per heavy atom. The Balaban J connectivity index is 1.59. The summed E-state index contributed by atoms with van der Waals surface area (Å²) in [6, 6.07) is 25.5. The van der Waals surface area contributed by atoms with Gasteiger partial charge in [0.15, 0.2) is 0 Å². The van der Waals surface area contributed by atoms with Gasteiger partial charge in [0, 0.05) is 11.4 Å². The molecule has 30 heavy (non-hydrogen) atoms. The molecule has 0 aliphatic carbocycles. The van der Waals surface area contributed by atoms with Crippen LogP contribution < -0.4 is 21.3 Å². The minimum Gasteiger partial charge on any atom is -0.324 e. The van der Waals surface area contributed by atoms with Gasteiger partial charge in [-0.25, -0.2) is 4.79 Å². The maximum Gasteiger partial charge on any atom is 0.325 e. The first-order valence-electron chi connectivity index (χ1n) is 9.42. The van der Waals surface area contributed by atoms with E-state index >= 15 is 0 Å². The molecule has 1 unspecified atom stereocenters. The lowest BCUT2D eigenvalue weighted by atomic mass is 10.1. The summed E-state index contributed by atoms with van der Waals surface area (Å²) in [5, 5.41) is 10.6. The molecule has 0 saturated carbocycles. The van der Waals surface area contributed by atoms with E-state index in [4.69, 9.17) is 0 Å². The number of amides is 4. The summed E-state index contributed by atoms with van der Waals surface area (Å²) in [7, 11) is 0. The number of para-hydroxylation sites is 2. The summed E-state index contributed by atoms with van der Waals surface area (Å²) in [6.07, 6.45) is 0. The van der Waals surface area contributed by atoms with E-state index in [1.807, 2.05) is 42.5 Å². The largest absolute Gasteiger partial charge is 0.325 e. The second-order valence-electron chi connectivity index (χ2n) is 6.45. The van der Waals surface area contributed by atoms with E-state index in [0.29, 0.717) is 16.9 Å². The predicted molar refractivity (Wildman–Crippen MR) is 116 cm³/mol. The molecule has 3 rings (SSSR count). The molecule has 0 radical (unpaired) electrons. The highest BCUT2D eigenvalue weighted by Crippen LogP contribution is 2.16. The molecule has 4 amide bonds. The predicted octanol–water partition coefficient (Wildman–Crippen LogP) is 3.30. The average molecular weight is 402 g/mol. The summed E-state index contributed by atoms with van der Waals surface area (Å²) in [4.78, 5) is 37.0. The van der Waals surface area contributed by atoms with Gasteiger partial charge in [-0.1, -0.05) is 66.7 Å². The molecule has 4 N–H and O–H groups in total. The van der Waals surface area contributed by atoms with Crippen molar-refractivity contribution in [1.29, 1.82) is 0 Å². The first kappa shape index (κ1) is 20.8. The zero-order chi connectivity index (χ0) is 21.2. The molecule has 0 aliphatic rings. The third-order valence-electron chi connectivity index (χ3n) is 4.19. The number of nitrogens with one attached hydrogen (secondary N) is 4. The van der Waals surface area contributed by atoms with E-state index < -0.39 is 18.0 Å². The Bertz CT molecular complexity index is 979. The fourth-order valence-corrected chi connectivity index (χ4v) is 2.79. The number of rotatable bonds is 7. The van der Waals surface area contributed by atoms with E-state index in [-0.39, 0.29) is 12.5 Å². The maximum absolute atomic E-state index is 12.8. The molecule has 0 fully saturated rings. The van der Waals surface area contributed by atoms with Crippen LogP contribution in [0.3, 0.4) is 0 Å². The zero-order valence-corrected chi connectivity index (χ0v) is 16.2. The number of hydrogen-bond donors (Lipinski definition) is 4. The van der Waals surface area contributed by atoms with Crippen molar-refractivity contribution < 1.29 is 14.4 Å². The maximum atomic E-state index is 12.8. The second-order valence-corrected chi connectivity index (χ2v) is 6.45. The summed E-state index contributed by atoms with van der Waals surface area (Å²) in [6.45, 7) is -0.218. The Morgan fingerprint density at radius 2 is 1.17 bits per heavy atom. The van der Waals surface area contributed by atoms with Crippen LogP contribution in [0.1, 0.15) is 11.6 Å². The van der Waals surface area contributed by atoms with Gasteiger partial charge < -0.3 is 10.6 Å². The normalized spacial score (nSPS) is 11.2. The lowest BCUT2D eigenvalue weighted by Crippen LogP contribution is -2.43. The SMILES string of the molecule is O=C(CNC(C(=O)Nc1ccccc1)c1ccccc1)NC(=O)Nc1ccccc1. The van der Waals surface area contributed by atoms with E-state index in [0.717, 1.165) is 0 Å². The standard InChI is InChI=1S/C23H22N4O3/c28-20(27-23(30)26-19-14-8-3-9-15-19)16-24-21(17-10-4-1-5-11-17)22(29)25-18-12-6-2-7-13-18/h1-15,21,24H,16H2,(H,25,29)(H2,26,27,28,30). The van der Waals surface area contributed by atoms with Crippen molar-refractivity contribution in [1.82, 2.24) is 10.6 Å². The van der Waals surface area contributed by atoms with E-state index in [9.17, 15) is 14.4 Å². The van der Waals surface area contributed by atoms with Crippen molar-refractivity contribution in [3.63, 3.8) is 0 Å². The van der Waals surface area contributed by atoms with E-state index in [1.165, 1.54) is 0 Å². The second kappa shape index (κ2) is 10.5. The monoisotopic (exact) mass is 402 g/mol. The molecule has 7 heteroatoms.